The van der Waals surface area contributed by atoms with Gasteiger partial charge in [0.25, 0.3) is 0 Å². The molecule has 1 aliphatic carbocycles. The monoisotopic (exact) mass is 302 g/mol. The van der Waals surface area contributed by atoms with Gasteiger partial charge in [0.15, 0.2) is 0 Å². The summed E-state index contributed by atoms with van der Waals surface area (Å²) in [4.78, 5) is 14.8. The Labute approximate surface area is 135 Å². The second-order valence-electron chi connectivity index (χ2n) is 7.62. The summed E-state index contributed by atoms with van der Waals surface area (Å²) in [6.07, 6.45) is 6.10. The highest BCUT2D eigenvalue weighted by atomic mass is 16.2. The van der Waals surface area contributed by atoms with Crippen molar-refractivity contribution in [3.63, 3.8) is 0 Å². The molecule has 0 aromatic heterocycles. The number of rotatable bonds is 4. The molecule has 122 valence electrons. The number of carbonyl (C=O) groups is 1. The number of urea groups is 1. The molecule has 0 atom stereocenters. The van der Waals surface area contributed by atoms with Gasteiger partial charge in [0.05, 0.1) is 0 Å². The van der Waals surface area contributed by atoms with Crippen molar-refractivity contribution in [2.24, 2.45) is 5.41 Å². The van der Waals surface area contributed by atoms with Crippen molar-refractivity contribution in [2.45, 2.75) is 65.5 Å². The van der Waals surface area contributed by atoms with Gasteiger partial charge in [-0.2, -0.15) is 0 Å². The summed E-state index contributed by atoms with van der Waals surface area (Å²) >= 11 is 0. The Kier molecular flexibility index (Phi) is 5.87. The lowest BCUT2D eigenvalue weighted by Crippen LogP contribution is -2.49. The van der Waals surface area contributed by atoms with E-state index in [4.69, 9.17) is 0 Å². The van der Waals surface area contributed by atoms with E-state index in [9.17, 15) is 4.79 Å². The van der Waals surface area contributed by atoms with Gasteiger partial charge in [0, 0.05) is 19.1 Å². The molecule has 2 rings (SSSR count). The standard InChI is InChI=1S/C19H30N2O/c1-19(2,3)15-21(17-12-8-5-9-13-17)18(22)20-14-16-10-6-4-7-11-16/h4,6-7,10-11,17H,5,8-9,12-15H2,1-3H3,(H,20,22). The molecule has 0 saturated heterocycles. The molecule has 1 aromatic rings. The van der Waals surface area contributed by atoms with Crippen LogP contribution in [0.3, 0.4) is 0 Å². The number of hydrogen-bond acceptors (Lipinski definition) is 1. The van der Waals surface area contributed by atoms with Crippen LogP contribution in [-0.2, 0) is 6.54 Å². The average Bonchev–Trinajstić information content (AvgIpc) is 2.51. The van der Waals surface area contributed by atoms with Crippen LogP contribution in [0.25, 0.3) is 0 Å². The predicted molar refractivity (Wildman–Crippen MR) is 91.7 cm³/mol. The van der Waals surface area contributed by atoms with Crippen molar-refractivity contribution in [1.29, 1.82) is 0 Å². The molecular weight excluding hydrogens is 272 g/mol. The highest BCUT2D eigenvalue weighted by Gasteiger charge is 2.28. The lowest BCUT2D eigenvalue weighted by molar-refractivity contribution is 0.126. The molecule has 0 spiro atoms. The van der Waals surface area contributed by atoms with E-state index in [2.05, 4.69) is 43.1 Å². The summed E-state index contributed by atoms with van der Waals surface area (Å²) < 4.78 is 0. The smallest absolute Gasteiger partial charge is 0.317 e. The fraction of sp³-hybridized carbons (Fsp3) is 0.632. The normalized spacial score (nSPS) is 16.3. The maximum absolute atomic E-state index is 12.7. The van der Waals surface area contributed by atoms with Crippen molar-refractivity contribution < 1.29 is 4.79 Å². The van der Waals surface area contributed by atoms with Crippen molar-refractivity contribution in [2.75, 3.05) is 6.54 Å². The number of nitrogens with zero attached hydrogens (tertiary/aromatic N) is 1. The fourth-order valence-electron chi connectivity index (χ4n) is 3.15. The zero-order valence-corrected chi connectivity index (χ0v) is 14.3. The molecule has 3 heteroatoms. The first-order chi connectivity index (χ1) is 10.5. The summed E-state index contributed by atoms with van der Waals surface area (Å²) in [6.45, 7) is 8.03. The third kappa shape index (κ3) is 5.36. The van der Waals surface area contributed by atoms with Crippen LogP contribution in [0.4, 0.5) is 4.79 Å². The molecule has 0 unspecified atom stereocenters. The minimum atomic E-state index is 0.0886. The van der Waals surface area contributed by atoms with Crippen LogP contribution >= 0.6 is 0 Å². The van der Waals surface area contributed by atoms with E-state index >= 15 is 0 Å². The van der Waals surface area contributed by atoms with Crippen LogP contribution in [0.5, 0.6) is 0 Å². The average molecular weight is 302 g/mol. The van der Waals surface area contributed by atoms with E-state index in [0.717, 1.165) is 24.9 Å². The number of nitrogens with one attached hydrogen (secondary N) is 1. The van der Waals surface area contributed by atoms with Crippen molar-refractivity contribution in [3.05, 3.63) is 35.9 Å². The van der Waals surface area contributed by atoms with Crippen LogP contribution in [0.2, 0.25) is 0 Å². The largest absolute Gasteiger partial charge is 0.334 e. The van der Waals surface area contributed by atoms with Gasteiger partial charge in [-0.15, -0.1) is 0 Å². The third-order valence-corrected chi connectivity index (χ3v) is 4.21. The lowest BCUT2D eigenvalue weighted by atomic mass is 9.90. The Hall–Kier alpha value is -1.51. The van der Waals surface area contributed by atoms with E-state index in [-0.39, 0.29) is 11.4 Å². The van der Waals surface area contributed by atoms with Crippen molar-refractivity contribution >= 4 is 6.03 Å². The van der Waals surface area contributed by atoms with E-state index in [1.807, 2.05) is 18.2 Å². The molecular formula is C19H30N2O. The van der Waals surface area contributed by atoms with E-state index < -0.39 is 0 Å². The highest BCUT2D eigenvalue weighted by Crippen LogP contribution is 2.26. The number of amides is 2. The Bertz CT molecular complexity index is 458. The molecule has 0 aliphatic heterocycles. The van der Waals surface area contributed by atoms with Crippen LogP contribution in [0.15, 0.2) is 30.3 Å². The van der Waals surface area contributed by atoms with Crippen LogP contribution in [0.1, 0.15) is 58.4 Å². The van der Waals surface area contributed by atoms with E-state index in [1.54, 1.807) is 0 Å². The molecule has 0 bridgehead atoms. The van der Waals surface area contributed by atoms with Gasteiger partial charge in [0.1, 0.15) is 0 Å². The summed E-state index contributed by atoms with van der Waals surface area (Å²) in [6, 6.07) is 10.6. The SMILES string of the molecule is CC(C)(C)CN(C(=O)NCc1ccccc1)C1CCCCC1. The van der Waals surface area contributed by atoms with Crippen molar-refractivity contribution in [1.82, 2.24) is 10.2 Å². The second-order valence-corrected chi connectivity index (χ2v) is 7.62. The highest BCUT2D eigenvalue weighted by molar-refractivity contribution is 5.74. The predicted octanol–water partition coefficient (Wildman–Crippen LogP) is 4.58. The molecule has 1 aromatic carbocycles. The van der Waals surface area contributed by atoms with Gasteiger partial charge in [-0.05, 0) is 23.8 Å². The van der Waals surface area contributed by atoms with Crippen LogP contribution in [0, 0.1) is 5.41 Å². The maximum atomic E-state index is 12.7. The summed E-state index contributed by atoms with van der Waals surface area (Å²) in [5.74, 6) is 0. The first-order valence-electron chi connectivity index (χ1n) is 8.54. The maximum Gasteiger partial charge on any atom is 0.317 e. The van der Waals surface area contributed by atoms with E-state index in [0.29, 0.717) is 12.6 Å². The molecule has 1 fully saturated rings. The van der Waals surface area contributed by atoms with Crippen LogP contribution < -0.4 is 5.32 Å². The molecule has 1 saturated carbocycles. The number of carbonyl (C=O) groups excluding carboxylic acids is 1. The fourth-order valence-corrected chi connectivity index (χ4v) is 3.15. The summed E-state index contributed by atoms with van der Waals surface area (Å²) in [5, 5.41) is 3.11. The van der Waals surface area contributed by atoms with Gasteiger partial charge in [-0.3, -0.25) is 0 Å². The van der Waals surface area contributed by atoms with Gasteiger partial charge < -0.3 is 10.2 Å². The first kappa shape index (κ1) is 16.9. The quantitative estimate of drug-likeness (QED) is 0.867. The second kappa shape index (κ2) is 7.66. The van der Waals surface area contributed by atoms with Gasteiger partial charge >= 0.3 is 6.03 Å². The lowest BCUT2D eigenvalue weighted by Gasteiger charge is -2.38. The number of hydrogen-bond donors (Lipinski definition) is 1. The third-order valence-electron chi connectivity index (χ3n) is 4.21. The van der Waals surface area contributed by atoms with Crippen molar-refractivity contribution in [3.8, 4) is 0 Å². The Balaban J connectivity index is 1.98. The zero-order valence-electron chi connectivity index (χ0n) is 14.3. The summed E-state index contributed by atoms with van der Waals surface area (Å²) in [5.41, 5.74) is 1.27. The minimum Gasteiger partial charge on any atom is -0.334 e. The summed E-state index contributed by atoms with van der Waals surface area (Å²) in [7, 11) is 0. The van der Waals surface area contributed by atoms with Gasteiger partial charge in [0.2, 0.25) is 0 Å². The Morgan fingerprint density at radius 2 is 1.77 bits per heavy atom. The van der Waals surface area contributed by atoms with E-state index in [1.165, 1.54) is 19.3 Å². The molecule has 2 amide bonds. The molecule has 0 heterocycles. The molecule has 3 nitrogen and oxygen atoms in total. The Morgan fingerprint density at radius 1 is 1.14 bits per heavy atom. The molecule has 1 aliphatic rings. The topological polar surface area (TPSA) is 32.3 Å². The molecule has 22 heavy (non-hydrogen) atoms. The number of benzene rings is 1. The minimum absolute atomic E-state index is 0.0886. The zero-order chi connectivity index (χ0) is 16.0. The van der Waals surface area contributed by atoms with Gasteiger partial charge in [-0.25, -0.2) is 4.79 Å². The first-order valence-corrected chi connectivity index (χ1v) is 8.54. The molecule has 1 N–H and O–H groups in total. The van der Waals surface area contributed by atoms with Crippen LogP contribution in [-0.4, -0.2) is 23.5 Å². The molecule has 0 radical (unpaired) electrons. The van der Waals surface area contributed by atoms with Gasteiger partial charge in [-0.1, -0.05) is 70.4 Å². The Morgan fingerprint density at radius 3 is 2.36 bits per heavy atom.